The lowest BCUT2D eigenvalue weighted by Gasteiger charge is -2.13. The van der Waals surface area contributed by atoms with Crippen LogP contribution in [0, 0.1) is 5.92 Å². The average Bonchev–Trinajstić information content (AvgIpc) is 3.04. The van der Waals surface area contributed by atoms with Crippen molar-refractivity contribution in [1.29, 1.82) is 0 Å². The van der Waals surface area contributed by atoms with Crippen LogP contribution in [-0.2, 0) is 14.4 Å². The summed E-state index contributed by atoms with van der Waals surface area (Å²) in [6.07, 6.45) is 4.32. The average molecular weight is 334 g/mol. The van der Waals surface area contributed by atoms with Gasteiger partial charge in [0.15, 0.2) is 5.71 Å². The Kier molecular flexibility index (Phi) is 6.53. The van der Waals surface area contributed by atoms with Gasteiger partial charge < -0.3 is 20.6 Å². The van der Waals surface area contributed by atoms with E-state index in [1.807, 2.05) is 18.2 Å². The summed E-state index contributed by atoms with van der Waals surface area (Å²) in [6, 6.07) is 4.74. The van der Waals surface area contributed by atoms with Gasteiger partial charge in [0.25, 0.3) is 5.91 Å². The highest BCUT2D eigenvalue weighted by Crippen LogP contribution is 2.17. The molecule has 130 valence electrons. The van der Waals surface area contributed by atoms with E-state index in [1.165, 1.54) is 6.92 Å². The van der Waals surface area contributed by atoms with Crippen LogP contribution in [0.2, 0.25) is 0 Å². The molecule has 8 nitrogen and oxygen atoms in total. The van der Waals surface area contributed by atoms with Crippen molar-refractivity contribution in [2.24, 2.45) is 11.1 Å². The Hall–Kier alpha value is -2.64. The van der Waals surface area contributed by atoms with Crippen molar-refractivity contribution >= 4 is 23.4 Å². The third-order valence-corrected chi connectivity index (χ3v) is 3.73. The van der Waals surface area contributed by atoms with Gasteiger partial charge >= 0.3 is 5.97 Å². The lowest BCUT2D eigenvalue weighted by molar-refractivity contribution is -0.140. The number of unbranched alkanes of at least 4 members (excludes halogenated alkanes) is 1. The molecule has 2 heterocycles. The molecule has 1 aromatic heterocycles. The number of hydrogen-bond acceptors (Lipinski definition) is 6. The van der Waals surface area contributed by atoms with Crippen molar-refractivity contribution in [1.82, 2.24) is 10.3 Å². The zero-order valence-corrected chi connectivity index (χ0v) is 13.6. The Bertz CT molecular complexity index is 591. The topological polar surface area (TPSA) is 113 Å². The van der Waals surface area contributed by atoms with Gasteiger partial charge in [-0.15, -0.1) is 0 Å². The Labute approximate surface area is 140 Å². The van der Waals surface area contributed by atoms with E-state index in [-0.39, 0.29) is 11.6 Å². The van der Waals surface area contributed by atoms with Gasteiger partial charge in [0.2, 0.25) is 0 Å². The number of oxime groups is 1. The van der Waals surface area contributed by atoms with Gasteiger partial charge in [-0.2, -0.15) is 0 Å². The predicted molar refractivity (Wildman–Crippen MR) is 88.7 cm³/mol. The fourth-order valence-electron chi connectivity index (χ4n) is 2.33. The van der Waals surface area contributed by atoms with Crippen LogP contribution in [0.3, 0.4) is 0 Å². The molecule has 0 saturated heterocycles. The van der Waals surface area contributed by atoms with Crippen molar-refractivity contribution in [3.05, 3.63) is 24.4 Å². The molecular formula is C16H22N4O4. The van der Waals surface area contributed by atoms with Crippen LogP contribution in [0.25, 0.3) is 0 Å². The summed E-state index contributed by atoms with van der Waals surface area (Å²) < 4.78 is 0. The first-order chi connectivity index (χ1) is 11.6. The summed E-state index contributed by atoms with van der Waals surface area (Å²) in [5.74, 6) is -0.814. The number of pyridine rings is 1. The van der Waals surface area contributed by atoms with E-state index in [4.69, 9.17) is 9.94 Å². The first kappa shape index (κ1) is 17.7. The number of anilines is 1. The van der Waals surface area contributed by atoms with Gasteiger partial charge in [0.1, 0.15) is 18.5 Å². The third kappa shape index (κ3) is 5.22. The fraction of sp³-hybridized carbons (Fsp3) is 0.500. The lowest BCUT2D eigenvalue weighted by atomic mass is 9.97. The molecule has 1 aromatic rings. The number of carbonyl (C=O) groups is 2. The molecule has 0 aromatic carbocycles. The molecule has 2 atom stereocenters. The molecule has 0 spiro atoms. The zero-order valence-electron chi connectivity index (χ0n) is 13.6. The van der Waals surface area contributed by atoms with Gasteiger partial charge in [-0.05, 0) is 31.9 Å². The maximum Gasteiger partial charge on any atom is 0.325 e. The minimum absolute atomic E-state index is 0.0964. The van der Waals surface area contributed by atoms with Crippen LogP contribution in [0.5, 0.6) is 0 Å². The van der Waals surface area contributed by atoms with Crippen molar-refractivity contribution in [2.45, 2.75) is 32.2 Å². The highest BCUT2D eigenvalue weighted by atomic mass is 16.6. The molecule has 0 saturated carbocycles. The van der Waals surface area contributed by atoms with E-state index in [1.54, 1.807) is 6.20 Å². The Morgan fingerprint density at radius 2 is 2.25 bits per heavy atom. The van der Waals surface area contributed by atoms with Gasteiger partial charge in [0.05, 0.1) is 0 Å². The van der Waals surface area contributed by atoms with Crippen LogP contribution < -0.4 is 10.6 Å². The minimum Gasteiger partial charge on any atom is -0.480 e. The van der Waals surface area contributed by atoms with Crippen LogP contribution in [-0.4, -0.2) is 46.9 Å². The smallest absolute Gasteiger partial charge is 0.325 e. The Morgan fingerprint density at radius 3 is 2.96 bits per heavy atom. The first-order valence-electron chi connectivity index (χ1n) is 7.96. The van der Waals surface area contributed by atoms with E-state index < -0.39 is 17.9 Å². The van der Waals surface area contributed by atoms with Crippen LogP contribution in [0.1, 0.15) is 26.2 Å². The Balaban J connectivity index is 1.69. The number of carboxylic acid groups (broad SMARTS) is 1. The van der Waals surface area contributed by atoms with E-state index in [0.717, 1.165) is 31.6 Å². The van der Waals surface area contributed by atoms with Crippen molar-refractivity contribution in [2.75, 3.05) is 18.5 Å². The molecule has 0 radical (unpaired) electrons. The molecule has 24 heavy (non-hydrogen) atoms. The van der Waals surface area contributed by atoms with Gasteiger partial charge in [-0.3, -0.25) is 9.59 Å². The van der Waals surface area contributed by atoms with Crippen molar-refractivity contribution in [3.63, 3.8) is 0 Å². The van der Waals surface area contributed by atoms with Crippen molar-refractivity contribution < 1.29 is 19.5 Å². The summed E-state index contributed by atoms with van der Waals surface area (Å²) in [5, 5.41) is 18.2. The summed E-state index contributed by atoms with van der Waals surface area (Å²) in [6.45, 7) is 2.56. The molecule has 1 aliphatic heterocycles. The van der Waals surface area contributed by atoms with E-state index in [9.17, 15) is 9.59 Å². The molecule has 3 N–H and O–H groups in total. The SMILES string of the molecule is C[C@@H](NC(=O)C1=NOC[C@H]1CCCCNc1ccccn1)C(=O)O. The molecule has 1 amide bonds. The number of amides is 1. The zero-order chi connectivity index (χ0) is 17.4. The molecule has 0 fully saturated rings. The van der Waals surface area contributed by atoms with Crippen LogP contribution in [0.15, 0.2) is 29.6 Å². The van der Waals surface area contributed by atoms with E-state index >= 15 is 0 Å². The maximum atomic E-state index is 12.0. The highest BCUT2D eigenvalue weighted by molar-refractivity contribution is 6.40. The number of aliphatic carboxylic acids is 1. The number of carboxylic acids is 1. The second-order valence-corrected chi connectivity index (χ2v) is 5.64. The molecule has 0 bridgehead atoms. The maximum absolute atomic E-state index is 12.0. The molecule has 1 aliphatic rings. The van der Waals surface area contributed by atoms with E-state index in [2.05, 4.69) is 20.8 Å². The molecule has 8 heteroatoms. The number of hydrogen-bond donors (Lipinski definition) is 3. The number of aromatic nitrogens is 1. The predicted octanol–water partition coefficient (Wildman–Crippen LogP) is 1.26. The molecule has 0 aliphatic carbocycles. The Morgan fingerprint density at radius 1 is 1.42 bits per heavy atom. The summed E-state index contributed by atoms with van der Waals surface area (Å²) in [7, 11) is 0. The van der Waals surface area contributed by atoms with Crippen LogP contribution >= 0.6 is 0 Å². The number of rotatable bonds is 9. The molecule has 0 unspecified atom stereocenters. The van der Waals surface area contributed by atoms with Gasteiger partial charge in [0, 0.05) is 18.7 Å². The van der Waals surface area contributed by atoms with Crippen LogP contribution in [0.4, 0.5) is 5.82 Å². The number of carbonyl (C=O) groups excluding carboxylic acids is 1. The fourth-order valence-corrected chi connectivity index (χ4v) is 2.33. The monoisotopic (exact) mass is 334 g/mol. The lowest BCUT2D eigenvalue weighted by Crippen LogP contribution is -2.43. The number of nitrogens with zero attached hydrogens (tertiary/aromatic N) is 2. The second-order valence-electron chi connectivity index (χ2n) is 5.64. The summed E-state index contributed by atoms with van der Waals surface area (Å²) in [5.41, 5.74) is 0.279. The first-order valence-corrected chi connectivity index (χ1v) is 7.96. The second kappa shape index (κ2) is 8.85. The highest BCUT2D eigenvalue weighted by Gasteiger charge is 2.30. The van der Waals surface area contributed by atoms with Gasteiger partial charge in [-0.1, -0.05) is 17.6 Å². The van der Waals surface area contributed by atoms with E-state index in [0.29, 0.717) is 6.61 Å². The normalized spacial score (nSPS) is 17.5. The largest absolute Gasteiger partial charge is 0.480 e. The summed E-state index contributed by atoms with van der Waals surface area (Å²) >= 11 is 0. The molecular weight excluding hydrogens is 312 g/mol. The third-order valence-electron chi connectivity index (χ3n) is 3.73. The van der Waals surface area contributed by atoms with Crippen molar-refractivity contribution in [3.8, 4) is 0 Å². The van der Waals surface area contributed by atoms with Gasteiger partial charge in [-0.25, -0.2) is 4.98 Å². The minimum atomic E-state index is -1.08. The molecule has 2 rings (SSSR count). The number of nitrogens with one attached hydrogen (secondary N) is 2. The quantitative estimate of drug-likeness (QED) is 0.586. The standard InChI is InChI=1S/C16H22N4O4/c1-11(16(22)23)19-15(21)14-12(10-24-20-14)6-2-4-8-17-13-7-3-5-9-18-13/h3,5,7,9,11-12H,2,4,6,8,10H2,1H3,(H,17,18)(H,19,21)(H,22,23)/t11-,12-/m1/s1. The summed E-state index contributed by atoms with van der Waals surface area (Å²) in [4.78, 5) is 32.0.